The molecule has 0 aliphatic carbocycles. The first-order chi connectivity index (χ1) is 14.5. The summed E-state index contributed by atoms with van der Waals surface area (Å²) in [7, 11) is 0. The van der Waals surface area contributed by atoms with Crippen LogP contribution in [0.3, 0.4) is 0 Å². The monoisotopic (exact) mass is 405 g/mol. The molecule has 0 saturated heterocycles. The van der Waals surface area contributed by atoms with Gasteiger partial charge in [-0.2, -0.15) is 0 Å². The van der Waals surface area contributed by atoms with E-state index in [0.29, 0.717) is 0 Å². The van der Waals surface area contributed by atoms with Crippen molar-refractivity contribution in [3.05, 3.63) is 95.0 Å². The molecule has 1 N–H and O–H groups in total. The van der Waals surface area contributed by atoms with Crippen molar-refractivity contribution in [3.63, 3.8) is 0 Å². The van der Waals surface area contributed by atoms with Crippen LogP contribution in [0.2, 0.25) is 0 Å². The Balaban J connectivity index is 1.62. The number of anilines is 3. The number of amides is 1. The van der Waals surface area contributed by atoms with Crippen LogP contribution in [-0.2, 0) is 14.3 Å². The van der Waals surface area contributed by atoms with E-state index in [1.165, 1.54) is 18.2 Å². The van der Waals surface area contributed by atoms with Crippen molar-refractivity contribution in [1.82, 2.24) is 0 Å². The van der Waals surface area contributed by atoms with Crippen molar-refractivity contribution < 1.29 is 19.2 Å². The fraction of sp³-hybridized carbons (Fsp3) is 0.0909. The zero-order valence-electron chi connectivity index (χ0n) is 15.9. The molecule has 0 aromatic heterocycles. The van der Waals surface area contributed by atoms with Gasteiger partial charge in [0.25, 0.3) is 11.6 Å². The minimum Gasteiger partial charge on any atom is -0.454 e. The summed E-state index contributed by atoms with van der Waals surface area (Å²) in [5, 5.41) is 13.4. The van der Waals surface area contributed by atoms with Crippen molar-refractivity contribution in [2.24, 2.45) is 0 Å². The van der Waals surface area contributed by atoms with Crippen LogP contribution in [0.25, 0.3) is 0 Å². The lowest BCUT2D eigenvalue weighted by atomic mass is 10.2. The third kappa shape index (κ3) is 5.41. The van der Waals surface area contributed by atoms with Gasteiger partial charge >= 0.3 is 5.97 Å². The normalized spacial score (nSPS) is 10.1. The van der Waals surface area contributed by atoms with Gasteiger partial charge in [-0.25, -0.2) is 0 Å². The zero-order chi connectivity index (χ0) is 21.3. The Morgan fingerprint density at radius 2 is 1.40 bits per heavy atom. The number of nitrogens with zero attached hydrogens (tertiary/aromatic N) is 2. The first-order valence-corrected chi connectivity index (χ1v) is 9.11. The average Bonchev–Trinajstić information content (AvgIpc) is 2.77. The first-order valence-electron chi connectivity index (χ1n) is 9.11. The van der Waals surface area contributed by atoms with Crippen LogP contribution in [0.5, 0.6) is 0 Å². The summed E-state index contributed by atoms with van der Waals surface area (Å²) >= 11 is 0. The minimum atomic E-state index is -0.663. The second-order valence-corrected chi connectivity index (χ2v) is 6.24. The predicted octanol–water partition coefficient (Wildman–Crippen LogP) is 3.91. The highest BCUT2D eigenvalue weighted by atomic mass is 16.6. The number of carbonyl (C=O) groups is 2. The van der Waals surface area contributed by atoms with Gasteiger partial charge in [-0.3, -0.25) is 19.7 Å². The molecule has 0 spiro atoms. The van der Waals surface area contributed by atoms with Crippen LogP contribution in [0.15, 0.2) is 84.9 Å². The number of rotatable bonds is 8. The Bertz CT molecular complexity index is 986. The third-order valence-electron chi connectivity index (χ3n) is 4.16. The number of nitro benzene ring substituents is 1. The lowest BCUT2D eigenvalue weighted by Gasteiger charge is -2.24. The number of ether oxygens (including phenoxy) is 1. The molecule has 0 bridgehead atoms. The van der Waals surface area contributed by atoms with Crippen LogP contribution in [0, 0.1) is 10.1 Å². The van der Waals surface area contributed by atoms with Gasteiger partial charge in [0.2, 0.25) is 0 Å². The van der Waals surface area contributed by atoms with E-state index < -0.39 is 23.4 Å². The SMILES string of the molecule is O=C(COC(=O)CN(c1ccccc1)c1ccccc1)Nc1ccccc1[N+](=O)[O-]. The molecule has 0 heterocycles. The summed E-state index contributed by atoms with van der Waals surface area (Å²) in [5.41, 5.74) is 1.39. The van der Waals surface area contributed by atoms with Crippen molar-refractivity contribution in [2.75, 3.05) is 23.4 Å². The molecule has 0 atom stereocenters. The largest absolute Gasteiger partial charge is 0.454 e. The summed E-state index contributed by atoms with van der Waals surface area (Å²) in [5.74, 6) is -1.27. The lowest BCUT2D eigenvalue weighted by Crippen LogP contribution is -2.29. The highest BCUT2D eigenvalue weighted by molar-refractivity contribution is 5.95. The topological polar surface area (TPSA) is 102 Å². The molecular formula is C22H19N3O5. The second kappa shape index (κ2) is 9.83. The van der Waals surface area contributed by atoms with Gasteiger partial charge in [-0.15, -0.1) is 0 Å². The van der Waals surface area contributed by atoms with Crippen LogP contribution >= 0.6 is 0 Å². The number of nitrogens with one attached hydrogen (secondary N) is 1. The number of hydrogen-bond donors (Lipinski definition) is 1. The van der Waals surface area contributed by atoms with Crippen molar-refractivity contribution in [1.29, 1.82) is 0 Å². The molecule has 0 fully saturated rings. The van der Waals surface area contributed by atoms with E-state index in [9.17, 15) is 19.7 Å². The lowest BCUT2D eigenvalue weighted by molar-refractivity contribution is -0.383. The van der Waals surface area contributed by atoms with E-state index in [2.05, 4.69) is 5.32 Å². The molecule has 0 radical (unpaired) electrons. The molecule has 0 unspecified atom stereocenters. The number of hydrogen-bond acceptors (Lipinski definition) is 6. The van der Waals surface area contributed by atoms with E-state index in [-0.39, 0.29) is 17.9 Å². The highest BCUT2D eigenvalue weighted by Crippen LogP contribution is 2.25. The minimum absolute atomic E-state index is 0.0405. The first kappa shape index (κ1) is 20.5. The Hall–Kier alpha value is -4.20. The van der Waals surface area contributed by atoms with E-state index in [1.807, 2.05) is 60.7 Å². The second-order valence-electron chi connectivity index (χ2n) is 6.24. The summed E-state index contributed by atoms with van der Waals surface area (Å²) < 4.78 is 5.09. The molecule has 30 heavy (non-hydrogen) atoms. The van der Waals surface area contributed by atoms with Gasteiger partial charge in [0, 0.05) is 17.4 Å². The number of nitro groups is 1. The highest BCUT2D eigenvalue weighted by Gasteiger charge is 2.18. The van der Waals surface area contributed by atoms with Gasteiger partial charge < -0.3 is 15.0 Å². The number of para-hydroxylation sites is 4. The fourth-order valence-corrected chi connectivity index (χ4v) is 2.79. The van der Waals surface area contributed by atoms with E-state index in [0.717, 1.165) is 11.4 Å². The van der Waals surface area contributed by atoms with Gasteiger partial charge in [0.05, 0.1) is 4.92 Å². The third-order valence-corrected chi connectivity index (χ3v) is 4.16. The molecule has 0 saturated carbocycles. The quantitative estimate of drug-likeness (QED) is 0.346. The Kier molecular flexibility index (Phi) is 6.73. The Morgan fingerprint density at radius 1 is 0.867 bits per heavy atom. The van der Waals surface area contributed by atoms with Crippen molar-refractivity contribution >= 4 is 34.6 Å². The standard InChI is InChI=1S/C22H19N3O5/c26-21(23-19-13-7-8-14-20(19)25(28)29)16-30-22(27)15-24(17-9-3-1-4-10-17)18-11-5-2-6-12-18/h1-14H,15-16H2,(H,23,26). The zero-order valence-corrected chi connectivity index (χ0v) is 15.9. The van der Waals surface area contributed by atoms with Gasteiger partial charge in [0.1, 0.15) is 12.2 Å². The fourth-order valence-electron chi connectivity index (χ4n) is 2.79. The van der Waals surface area contributed by atoms with Crippen LogP contribution < -0.4 is 10.2 Å². The number of carbonyl (C=O) groups excluding carboxylic acids is 2. The van der Waals surface area contributed by atoms with E-state index in [4.69, 9.17) is 4.74 Å². The number of esters is 1. The molecule has 1 amide bonds. The summed E-state index contributed by atoms with van der Waals surface area (Å²) in [4.78, 5) is 36.7. The molecule has 8 nitrogen and oxygen atoms in total. The van der Waals surface area contributed by atoms with Gasteiger partial charge in [0.15, 0.2) is 6.61 Å². The van der Waals surface area contributed by atoms with Crippen LogP contribution in [0.4, 0.5) is 22.7 Å². The molecule has 0 aliphatic rings. The molecular weight excluding hydrogens is 386 g/mol. The molecule has 8 heteroatoms. The predicted molar refractivity (Wildman–Crippen MR) is 113 cm³/mol. The van der Waals surface area contributed by atoms with Crippen molar-refractivity contribution in [2.45, 2.75) is 0 Å². The van der Waals surface area contributed by atoms with E-state index >= 15 is 0 Å². The molecule has 3 aromatic carbocycles. The van der Waals surface area contributed by atoms with E-state index in [1.54, 1.807) is 11.0 Å². The summed E-state index contributed by atoms with van der Waals surface area (Å²) in [6, 6.07) is 24.4. The maximum atomic E-state index is 12.4. The maximum absolute atomic E-state index is 12.4. The smallest absolute Gasteiger partial charge is 0.326 e. The summed E-state index contributed by atoms with van der Waals surface area (Å²) in [6.45, 7) is -0.658. The Labute approximate surface area is 172 Å². The van der Waals surface area contributed by atoms with Crippen LogP contribution in [-0.4, -0.2) is 30.0 Å². The average molecular weight is 405 g/mol. The summed E-state index contributed by atoms with van der Waals surface area (Å²) in [6.07, 6.45) is 0. The molecule has 3 rings (SSSR count). The maximum Gasteiger partial charge on any atom is 0.326 e. The molecule has 3 aromatic rings. The number of benzene rings is 3. The van der Waals surface area contributed by atoms with Crippen LogP contribution in [0.1, 0.15) is 0 Å². The Morgan fingerprint density at radius 3 is 1.97 bits per heavy atom. The van der Waals surface area contributed by atoms with Gasteiger partial charge in [-0.1, -0.05) is 48.5 Å². The van der Waals surface area contributed by atoms with Crippen molar-refractivity contribution in [3.8, 4) is 0 Å². The van der Waals surface area contributed by atoms with Gasteiger partial charge in [-0.05, 0) is 30.3 Å². The molecule has 0 aliphatic heterocycles. The molecule has 152 valence electrons.